The van der Waals surface area contributed by atoms with E-state index in [0.29, 0.717) is 18.2 Å². The van der Waals surface area contributed by atoms with Gasteiger partial charge in [0.1, 0.15) is 5.69 Å². The summed E-state index contributed by atoms with van der Waals surface area (Å²) in [6.07, 6.45) is 1.65. The van der Waals surface area contributed by atoms with Crippen LogP contribution in [0.4, 0.5) is 11.4 Å². The first-order chi connectivity index (χ1) is 13.1. The Morgan fingerprint density at radius 3 is 2.59 bits per heavy atom. The van der Waals surface area contributed by atoms with Crippen molar-refractivity contribution in [2.24, 2.45) is 0 Å². The number of ether oxygens (including phenoxy) is 1. The molecule has 2 heterocycles. The minimum Gasteiger partial charge on any atom is -0.379 e. The van der Waals surface area contributed by atoms with Crippen molar-refractivity contribution < 1.29 is 9.53 Å². The Bertz CT molecular complexity index is 740. The fourth-order valence-corrected chi connectivity index (χ4v) is 2.99. The molecule has 0 unspecified atom stereocenters. The fourth-order valence-electron chi connectivity index (χ4n) is 2.99. The van der Waals surface area contributed by atoms with E-state index in [4.69, 9.17) is 4.74 Å². The molecule has 0 saturated carbocycles. The van der Waals surface area contributed by atoms with Crippen LogP contribution in [-0.2, 0) is 4.74 Å². The van der Waals surface area contributed by atoms with Crippen LogP contribution in [0.3, 0.4) is 0 Å². The van der Waals surface area contributed by atoms with E-state index < -0.39 is 0 Å². The normalized spacial score (nSPS) is 14.9. The molecule has 0 bridgehead atoms. The first-order valence-corrected chi connectivity index (χ1v) is 9.53. The van der Waals surface area contributed by atoms with Crippen LogP contribution >= 0.6 is 0 Å². The molecule has 6 nitrogen and oxygen atoms in total. The SMILES string of the molecule is CC(C)c1ccc(Nc2ccnc(C(=O)NCCN3CCOCC3)c2)cc1. The highest BCUT2D eigenvalue weighted by atomic mass is 16.5. The number of carbonyl (C=O) groups excluding carboxylic acids is 1. The van der Waals surface area contributed by atoms with Gasteiger partial charge >= 0.3 is 0 Å². The molecular formula is C21H28N4O2. The van der Waals surface area contributed by atoms with E-state index in [2.05, 4.69) is 58.6 Å². The zero-order valence-corrected chi connectivity index (χ0v) is 16.1. The Balaban J connectivity index is 1.53. The van der Waals surface area contributed by atoms with Crippen LogP contribution in [0.5, 0.6) is 0 Å². The highest BCUT2D eigenvalue weighted by Crippen LogP contribution is 2.20. The molecule has 2 N–H and O–H groups in total. The molecule has 1 aromatic heterocycles. The molecule has 1 saturated heterocycles. The van der Waals surface area contributed by atoms with Crippen molar-refractivity contribution in [2.75, 3.05) is 44.7 Å². The van der Waals surface area contributed by atoms with E-state index in [1.165, 1.54) is 5.56 Å². The third-order valence-corrected chi connectivity index (χ3v) is 4.68. The van der Waals surface area contributed by atoms with Gasteiger partial charge in [-0.3, -0.25) is 14.7 Å². The summed E-state index contributed by atoms with van der Waals surface area (Å²) in [4.78, 5) is 18.9. The van der Waals surface area contributed by atoms with Crippen LogP contribution in [0.15, 0.2) is 42.6 Å². The second-order valence-electron chi connectivity index (χ2n) is 7.04. The lowest BCUT2D eigenvalue weighted by atomic mass is 10.0. The first kappa shape index (κ1) is 19.3. The second kappa shape index (κ2) is 9.48. The van der Waals surface area contributed by atoms with Gasteiger partial charge in [-0.1, -0.05) is 26.0 Å². The number of hydrogen-bond acceptors (Lipinski definition) is 5. The number of rotatable bonds is 7. The van der Waals surface area contributed by atoms with E-state index >= 15 is 0 Å². The number of morpholine rings is 1. The molecule has 1 aliphatic heterocycles. The predicted molar refractivity (Wildman–Crippen MR) is 108 cm³/mol. The molecular weight excluding hydrogens is 340 g/mol. The fraction of sp³-hybridized carbons (Fsp3) is 0.429. The zero-order chi connectivity index (χ0) is 19.1. The number of amides is 1. The maximum absolute atomic E-state index is 12.4. The highest BCUT2D eigenvalue weighted by molar-refractivity contribution is 5.93. The Morgan fingerprint density at radius 2 is 1.89 bits per heavy atom. The summed E-state index contributed by atoms with van der Waals surface area (Å²) < 4.78 is 5.33. The Kier molecular flexibility index (Phi) is 6.79. The summed E-state index contributed by atoms with van der Waals surface area (Å²) in [7, 11) is 0. The van der Waals surface area contributed by atoms with E-state index in [-0.39, 0.29) is 5.91 Å². The van der Waals surface area contributed by atoms with Gasteiger partial charge in [-0.15, -0.1) is 0 Å². The second-order valence-corrected chi connectivity index (χ2v) is 7.04. The molecule has 3 rings (SSSR count). The van der Waals surface area contributed by atoms with Gasteiger partial charge in [-0.25, -0.2) is 0 Å². The average molecular weight is 368 g/mol. The lowest BCUT2D eigenvalue weighted by molar-refractivity contribution is 0.0383. The third-order valence-electron chi connectivity index (χ3n) is 4.68. The van der Waals surface area contributed by atoms with Crippen LogP contribution < -0.4 is 10.6 Å². The molecule has 1 fully saturated rings. The van der Waals surface area contributed by atoms with Crippen molar-refractivity contribution in [1.82, 2.24) is 15.2 Å². The Morgan fingerprint density at radius 1 is 1.15 bits per heavy atom. The number of nitrogens with one attached hydrogen (secondary N) is 2. The molecule has 27 heavy (non-hydrogen) atoms. The number of nitrogens with zero attached hydrogens (tertiary/aromatic N) is 2. The minimum absolute atomic E-state index is 0.151. The van der Waals surface area contributed by atoms with Gasteiger partial charge in [0.05, 0.1) is 13.2 Å². The summed E-state index contributed by atoms with van der Waals surface area (Å²) >= 11 is 0. The molecule has 0 aliphatic carbocycles. The van der Waals surface area contributed by atoms with Crippen molar-refractivity contribution in [1.29, 1.82) is 0 Å². The molecule has 6 heteroatoms. The smallest absolute Gasteiger partial charge is 0.269 e. The van der Waals surface area contributed by atoms with Crippen molar-refractivity contribution >= 4 is 17.3 Å². The molecule has 0 spiro atoms. The number of anilines is 2. The molecule has 0 radical (unpaired) electrons. The van der Waals surface area contributed by atoms with Crippen molar-refractivity contribution in [2.45, 2.75) is 19.8 Å². The molecule has 1 aromatic carbocycles. The Labute approximate surface area is 160 Å². The lowest BCUT2D eigenvalue weighted by Gasteiger charge is -2.26. The maximum Gasteiger partial charge on any atom is 0.269 e. The molecule has 0 atom stereocenters. The van der Waals surface area contributed by atoms with Gasteiger partial charge in [0.2, 0.25) is 0 Å². The maximum atomic E-state index is 12.4. The molecule has 1 amide bonds. The van der Waals surface area contributed by atoms with E-state index in [9.17, 15) is 4.79 Å². The number of benzene rings is 1. The number of carbonyl (C=O) groups is 1. The summed E-state index contributed by atoms with van der Waals surface area (Å²) in [5, 5.41) is 6.28. The molecule has 1 aliphatic rings. The van der Waals surface area contributed by atoms with Gasteiger partial charge in [-0.2, -0.15) is 0 Å². The predicted octanol–water partition coefficient (Wildman–Crippen LogP) is 3.01. The van der Waals surface area contributed by atoms with Crippen molar-refractivity contribution in [3.05, 3.63) is 53.9 Å². The van der Waals surface area contributed by atoms with Crippen LogP contribution in [-0.4, -0.2) is 55.2 Å². The average Bonchev–Trinajstić information content (AvgIpc) is 2.69. The van der Waals surface area contributed by atoms with E-state index in [0.717, 1.165) is 44.2 Å². The zero-order valence-electron chi connectivity index (χ0n) is 16.1. The van der Waals surface area contributed by atoms with Gasteiger partial charge in [-0.05, 0) is 35.7 Å². The van der Waals surface area contributed by atoms with Gasteiger partial charge in [0, 0.05) is 43.8 Å². The van der Waals surface area contributed by atoms with Crippen LogP contribution in [0.1, 0.15) is 35.8 Å². The van der Waals surface area contributed by atoms with Gasteiger partial charge < -0.3 is 15.4 Å². The monoisotopic (exact) mass is 368 g/mol. The summed E-state index contributed by atoms with van der Waals surface area (Å²) in [6.45, 7) is 9.16. The number of pyridine rings is 1. The highest BCUT2D eigenvalue weighted by Gasteiger charge is 2.12. The third kappa shape index (κ3) is 5.77. The van der Waals surface area contributed by atoms with Gasteiger partial charge in [0.15, 0.2) is 0 Å². The lowest BCUT2D eigenvalue weighted by Crippen LogP contribution is -2.41. The van der Waals surface area contributed by atoms with Crippen LogP contribution in [0, 0.1) is 0 Å². The minimum atomic E-state index is -0.151. The standard InChI is InChI=1S/C21H28N4O2/c1-16(2)17-3-5-18(6-4-17)24-19-7-8-22-20(15-19)21(26)23-9-10-25-11-13-27-14-12-25/h3-8,15-16H,9-14H2,1-2H3,(H,22,24)(H,23,26). The van der Waals surface area contributed by atoms with Crippen LogP contribution in [0.25, 0.3) is 0 Å². The number of aromatic nitrogens is 1. The quantitative estimate of drug-likeness (QED) is 0.786. The van der Waals surface area contributed by atoms with Crippen molar-refractivity contribution in [3.8, 4) is 0 Å². The topological polar surface area (TPSA) is 66.5 Å². The molecule has 144 valence electrons. The summed E-state index contributed by atoms with van der Waals surface area (Å²) in [6, 6.07) is 12.0. The van der Waals surface area contributed by atoms with Crippen molar-refractivity contribution in [3.63, 3.8) is 0 Å². The Hall–Kier alpha value is -2.44. The largest absolute Gasteiger partial charge is 0.379 e. The summed E-state index contributed by atoms with van der Waals surface area (Å²) in [5.41, 5.74) is 3.56. The first-order valence-electron chi connectivity index (χ1n) is 9.53. The van der Waals surface area contributed by atoms with E-state index in [1.807, 2.05) is 6.07 Å². The van der Waals surface area contributed by atoms with Crippen LogP contribution in [0.2, 0.25) is 0 Å². The van der Waals surface area contributed by atoms with Gasteiger partial charge in [0.25, 0.3) is 5.91 Å². The number of hydrogen-bond donors (Lipinski definition) is 2. The van der Waals surface area contributed by atoms with E-state index in [1.54, 1.807) is 12.3 Å². The molecule has 2 aromatic rings. The summed E-state index contributed by atoms with van der Waals surface area (Å²) in [5.74, 6) is 0.356.